The second-order valence-corrected chi connectivity index (χ2v) is 7.42. The van der Waals surface area contributed by atoms with Crippen molar-refractivity contribution < 1.29 is 9.90 Å². The van der Waals surface area contributed by atoms with Crippen LogP contribution in [0.15, 0.2) is 67.0 Å². The number of hydrogen-bond acceptors (Lipinski definition) is 3. The van der Waals surface area contributed by atoms with E-state index < -0.39 is 6.10 Å². The SMILES string of the molecule is O=C(c1ccc2ccccc2c1)N1CCC(c2c[nH]c3ncccc23)C(O)C1. The van der Waals surface area contributed by atoms with Gasteiger partial charge in [-0.3, -0.25) is 4.79 Å². The molecule has 28 heavy (non-hydrogen) atoms. The number of aliphatic hydroxyl groups is 1. The van der Waals surface area contributed by atoms with Crippen molar-refractivity contribution in [3.8, 4) is 0 Å². The van der Waals surface area contributed by atoms with Crippen molar-refractivity contribution in [2.24, 2.45) is 0 Å². The second kappa shape index (κ2) is 6.77. The molecule has 1 amide bonds. The van der Waals surface area contributed by atoms with Crippen LogP contribution in [0.5, 0.6) is 0 Å². The number of pyridine rings is 1. The molecule has 0 saturated carbocycles. The molecule has 5 heteroatoms. The first-order valence-electron chi connectivity index (χ1n) is 9.59. The van der Waals surface area contributed by atoms with Gasteiger partial charge in [-0.1, -0.05) is 30.3 Å². The number of carbonyl (C=O) groups is 1. The van der Waals surface area contributed by atoms with E-state index in [4.69, 9.17) is 0 Å². The summed E-state index contributed by atoms with van der Waals surface area (Å²) in [6, 6.07) is 17.7. The van der Waals surface area contributed by atoms with Gasteiger partial charge in [0.25, 0.3) is 5.91 Å². The fourth-order valence-corrected chi connectivity index (χ4v) is 4.27. The Hall–Kier alpha value is -3.18. The first kappa shape index (κ1) is 17.0. The average Bonchev–Trinajstić information content (AvgIpc) is 3.17. The molecule has 1 saturated heterocycles. The summed E-state index contributed by atoms with van der Waals surface area (Å²) in [6.45, 7) is 0.962. The van der Waals surface area contributed by atoms with Gasteiger partial charge in [0, 0.05) is 42.4 Å². The van der Waals surface area contributed by atoms with Crippen LogP contribution in [-0.2, 0) is 0 Å². The van der Waals surface area contributed by atoms with Gasteiger partial charge in [0.15, 0.2) is 0 Å². The van der Waals surface area contributed by atoms with E-state index in [2.05, 4.69) is 9.97 Å². The van der Waals surface area contributed by atoms with E-state index in [9.17, 15) is 9.90 Å². The summed E-state index contributed by atoms with van der Waals surface area (Å²) in [6.07, 6.45) is 3.82. The molecule has 3 heterocycles. The van der Waals surface area contributed by atoms with Crippen LogP contribution in [0.3, 0.4) is 0 Å². The Morgan fingerprint density at radius 1 is 1.11 bits per heavy atom. The molecule has 2 aromatic heterocycles. The molecule has 5 rings (SSSR count). The van der Waals surface area contributed by atoms with E-state index in [1.807, 2.05) is 60.8 Å². The number of β-amino-alcohol motifs (C(OH)–C–C–N with tert-alkyl or cyclic N) is 1. The monoisotopic (exact) mass is 371 g/mol. The van der Waals surface area contributed by atoms with Gasteiger partial charge in [0.2, 0.25) is 0 Å². The molecule has 2 N–H and O–H groups in total. The van der Waals surface area contributed by atoms with Crippen molar-refractivity contribution in [2.45, 2.75) is 18.4 Å². The lowest BCUT2D eigenvalue weighted by Crippen LogP contribution is -2.45. The normalized spacial score (nSPS) is 20.0. The van der Waals surface area contributed by atoms with E-state index in [0.29, 0.717) is 18.7 Å². The van der Waals surface area contributed by atoms with Crippen molar-refractivity contribution in [1.29, 1.82) is 0 Å². The maximum atomic E-state index is 13.0. The van der Waals surface area contributed by atoms with Crippen LogP contribution in [0.2, 0.25) is 0 Å². The molecule has 0 radical (unpaired) electrons. The predicted octanol–water partition coefficient (Wildman–Crippen LogP) is 3.71. The first-order chi connectivity index (χ1) is 13.7. The summed E-state index contributed by atoms with van der Waals surface area (Å²) in [5.74, 6) is -0.0255. The van der Waals surface area contributed by atoms with Gasteiger partial charge < -0.3 is 15.0 Å². The lowest BCUT2D eigenvalue weighted by molar-refractivity contribution is 0.0384. The van der Waals surface area contributed by atoms with Crippen LogP contribution in [0, 0.1) is 0 Å². The molecule has 0 bridgehead atoms. The number of nitrogens with one attached hydrogen (secondary N) is 1. The molecule has 1 aliphatic heterocycles. The van der Waals surface area contributed by atoms with Gasteiger partial charge in [0.05, 0.1) is 6.10 Å². The smallest absolute Gasteiger partial charge is 0.253 e. The van der Waals surface area contributed by atoms with Gasteiger partial charge in [-0.2, -0.15) is 0 Å². The molecular weight excluding hydrogens is 350 g/mol. The lowest BCUT2D eigenvalue weighted by atomic mass is 9.87. The Morgan fingerprint density at radius 2 is 1.96 bits per heavy atom. The fourth-order valence-electron chi connectivity index (χ4n) is 4.27. The first-order valence-corrected chi connectivity index (χ1v) is 9.59. The third-order valence-corrected chi connectivity index (χ3v) is 5.75. The Morgan fingerprint density at radius 3 is 2.82 bits per heavy atom. The number of aromatic amines is 1. The summed E-state index contributed by atoms with van der Waals surface area (Å²) in [5.41, 5.74) is 2.58. The molecule has 2 unspecified atom stereocenters. The summed E-state index contributed by atoms with van der Waals surface area (Å²) in [4.78, 5) is 22.3. The molecule has 140 valence electrons. The number of carbonyl (C=O) groups excluding carboxylic acids is 1. The zero-order valence-corrected chi connectivity index (χ0v) is 15.4. The van der Waals surface area contributed by atoms with Crippen LogP contribution < -0.4 is 0 Å². The van der Waals surface area contributed by atoms with E-state index in [1.54, 1.807) is 11.1 Å². The Kier molecular flexibility index (Phi) is 4.10. The van der Waals surface area contributed by atoms with Crippen molar-refractivity contribution in [3.63, 3.8) is 0 Å². The Balaban J connectivity index is 1.37. The lowest BCUT2D eigenvalue weighted by Gasteiger charge is -2.36. The van der Waals surface area contributed by atoms with Crippen LogP contribution in [-0.4, -0.2) is 45.1 Å². The highest BCUT2D eigenvalue weighted by Gasteiger charge is 2.33. The summed E-state index contributed by atoms with van der Waals surface area (Å²) < 4.78 is 0. The molecule has 0 spiro atoms. The van der Waals surface area contributed by atoms with E-state index in [1.165, 1.54) is 0 Å². The molecular formula is C23H21N3O2. The average molecular weight is 371 g/mol. The van der Waals surface area contributed by atoms with Gasteiger partial charge >= 0.3 is 0 Å². The Bertz CT molecular complexity index is 1170. The predicted molar refractivity (Wildman–Crippen MR) is 109 cm³/mol. The zero-order valence-electron chi connectivity index (χ0n) is 15.4. The topological polar surface area (TPSA) is 69.2 Å². The van der Waals surface area contributed by atoms with Gasteiger partial charge in [-0.25, -0.2) is 4.98 Å². The highest BCUT2D eigenvalue weighted by molar-refractivity contribution is 5.98. The molecule has 5 nitrogen and oxygen atoms in total. The number of fused-ring (bicyclic) bond motifs is 2. The van der Waals surface area contributed by atoms with Gasteiger partial charge in [-0.05, 0) is 47.0 Å². The maximum absolute atomic E-state index is 13.0. The number of likely N-dealkylation sites (tertiary alicyclic amines) is 1. The number of rotatable bonds is 2. The van der Waals surface area contributed by atoms with Crippen molar-refractivity contribution in [2.75, 3.05) is 13.1 Å². The van der Waals surface area contributed by atoms with Crippen LogP contribution >= 0.6 is 0 Å². The number of hydrogen-bond donors (Lipinski definition) is 2. The number of nitrogens with zero attached hydrogens (tertiary/aromatic N) is 2. The van der Waals surface area contributed by atoms with Crippen molar-refractivity contribution >= 4 is 27.7 Å². The van der Waals surface area contributed by atoms with Crippen LogP contribution in [0.4, 0.5) is 0 Å². The Labute approximate surface area is 162 Å². The molecule has 0 aliphatic carbocycles. The number of aliphatic hydroxyl groups excluding tert-OH is 1. The molecule has 2 aromatic carbocycles. The minimum atomic E-state index is -0.600. The van der Waals surface area contributed by atoms with Crippen LogP contribution in [0.25, 0.3) is 21.8 Å². The number of H-pyrrole nitrogens is 1. The highest BCUT2D eigenvalue weighted by Crippen LogP contribution is 2.33. The summed E-state index contributed by atoms with van der Waals surface area (Å²) in [5, 5.41) is 14.0. The number of aromatic nitrogens is 2. The molecule has 1 aliphatic rings. The standard InChI is InChI=1S/C23H21N3O2/c27-21-14-26(23(28)17-8-7-15-4-1-2-5-16(15)12-17)11-9-18(21)20-13-25-22-19(20)6-3-10-24-22/h1-8,10,12-13,18,21,27H,9,11,14H2,(H,24,25). The third-order valence-electron chi connectivity index (χ3n) is 5.75. The highest BCUT2D eigenvalue weighted by atomic mass is 16.3. The van der Waals surface area contributed by atoms with Crippen molar-refractivity contribution in [1.82, 2.24) is 14.9 Å². The fraction of sp³-hybridized carbons (Fsp3) is 0.217. The number of piperidine rings is 1. The molecule has 1 fully saturated rings. The zero-order chi connectivity index (χ0) is 19.1. The minimum absolute atomic E-state index is 0.00129. The van der Waals surface area contributed by atoms with E-state index in [-0.39, 0.29) is 11.8 Å². The van der Waals surface area contributed by atoms with Gasteiger partial charge in [-0.15, -0.1) is 0 Å². The largest absolute Gasteiger partial charge is 0.391 e. The van der Waals surface area contributed by atoms with Crippen molar-refractivity contribution in [3.05, 3.63) is 78.1 Å². The van der Waals surface area contributed by atoms with Gasteiger partial charge in [0.1, 0.15) is 5.65 Å². The molecule has 2 atom stereocenters. The third kappa shape index (κ3) is 2.84. The quantitative estimate of drug-likeness (QED) is 0.564. The minimum Gasteiger partial charge on any atom is -0.391 e. The maximum Gasteiger partial charge on any atom is 0.253 e. The van der Waals surface area contributed by atoms with Crippen LogP contribution in [0.1, 0.15) is 28.3 Å². The summed E-state index contributed by atoms with van der Waals surface area (Å²) >= 11 is 0. The second-order valence-electron chi connectivity index (χ2n) is 7.42. The number of benzene rings is 2. The van der Waals surface area contributed by atoms with E-state index in [0.717, 1.165) is 33.8 Å². The number of amides is 1. The summed E-state index contributed by atoms with van der Waals surface area (Å²) in [7, 11) is 0. The van der Waals surface area contributed by atoms with E-state index >= 15 is 0 Å². The molecule has 4 aromatic rings.